The fourth-order valence-corrected chi connectivity index (χ4v) is 8.56. The molecule has 21 nitrogen and oxygen atoms in total. The second kappa shape index (κ2) is 20.8. The summed E-state index contributed by atoms with van der Waals surface area (Å²) in [4.78, 5) is 37.3. The van der Waals surface area contributed by atoms with Gasteiger partial charge in [0.05, 0.1) is 13.7 Å². The van der Waals surface area contributed by atoms with Gasteiger partial charge in [-0.2, -0.15) is 0 Å². The van der Waals surface area contributed by atoms with E-state index >= 15 is 0 Å². The van der Waals surface area contributed by atoms with Crippen molar-refractivity contribution in [3.8, 4) is 11.5 Å². The van der Waals surface area contributed by atoms with Gasteiger partial charge in [-0.1, -0.05) is 30.3 Å². The molecule has 5 rings (SSSR count). The van der Waals surface area contributed by atoms with Gasteiger partial charge in [0, 0.05) is 54.8 Å². The minimum atomic E-state index is -4.27. The zero-order valence-electron chi connectivity index (χ0n) is 33.6. The summed E-state index contributed by atoms with van der Waals surface area (Å²) in [5.74, 6) is -1.56. The minimum absolute atomic E-state index is 0.0685. The smallest absolute Gasteiger partial charge is 0.405 e. The summed E-state index contributed by atoms with van der Waals surface area (Å²) in [5, 5.41) is 5.54. The van der Waals surface area contributed by atoms with E-state index in [1.54, 1.807) is 48.5 Å². The number of ether oxygens (including phenoxy) is 10. The molecule has 23 heteroatoms. The van der Waals surface area contributed by atoms with Gasteiger partial charge in [-0.05, 0) is 24.3 Å². The van der Waals surface area contributed by atoms with Gasteiger partial charge in [0.2, 0.25) is 6.29 Å². The average Bonchev–Trinajstić information content (AvgIpc) is 3.23. The van der Waals surface area contributed by atoms with Gasteiger partial charge in [0.15, 0.2) is 24.8 Å². The van der Waals surface area contributed by atoms with E-state index in [0.717, 1.165) is 49.2 Å². The monoisotopic (exact) mass is 876 g/mol. The quantitative estimate of drug-likeness (QED) is 0.124. The van der Waals surface area contributed by atoms with Crippen LogP contribution in [0, 0.1) is 0 Å². The van der Waals surface area contributed by atoms with Crippen molar-refractivity contribution in [2.24, 2.45) is 0 Å². The summed E-state index contributed by atoms with van der Waals surface area (Å²) in [5.41, 5.74) is 0.639. The van der Waals surface area contributed by atoms with Crippen molar-refractivity contribution in [1.29, 1.82) is 0 Å². The number of benzene rings is 2. The van der Waals surface area contributed by atoms with E-state index in [0.29, 0.717) is 17.1 Å². The number of carbonyl (C=O) groups is 3. The van der Waals surface area contributed by atoms with Crippen LogP contribution >= 0.6 is 15.5 Å². The van der Waals surface area contributed by atoms with Crippen LogP contribution in [0.2, 0.25) is 0 Å². The van der Waals surface area contributed by atoms with Crippen molar-refractivity contribution in [3.63, 3.8) is 0 Å². The molecule has 328 valence electrons. The standard InChI is InChI=1S/C36H50N2O19P2/c1-20(39)49-18-26-30(51-21(2)40)32(52-22(3)41)28(37-58(42,45-5)46-6)36(55-26)57-33-29(38-59(43,47-7)48-8)35(53-25-16-14-24(44-4)15-17-25)54-27-19-50-34(56-31(27)33)23-12-10-9-11-13-23/h9-17,26-36H,18-19H2,1-8H3,(H,37,42)(H,38,43)/t26-,27-,28-,29-,30-,31-,32-,33-,34-,35-,36+/m1/s1. The van der Waals surface area contributed by atoms with Gasteiger partial charge in [-0.25, -0.2) is 19.3 Å². The Bertz CT molecular complexity index is 1790. The maximum atomic E-state index is 14.0. The summed E-state index contributed by atoms with van der Waals surface area (Å²) >= 11 is 0. The third-order valence-electron chi connectivity index (χ3n) is 9.29. The molecule has 3 aliphatic rings. The molecular formula is C36H50N2O19P2. The van der Waals surface area contributed by atoms with Crippen molar-refractivity contribution in [2.45, 2.75) is 88.3 Å². The van der Waals surface area contributed by atoms with Gasteiger partial charge in [0.25, 0.3) is 0 Å². The maximum absolute atomic E-state index is 14.0. The Morgan fingerprint density at radius 1 is 0.678 bits per heavy atom. The van der Waals surface area contributed by atoms with Gasteiger partial charge in [0.1, 0.15) is 54.6 Å². The van der Waals surface area contributed by atoms with Crippen LogP contribution in [0.4, 0.5) is 0 Å². The largest absolute Gasteiger partial charge is 0.497 e. The molecule has 0 saturated carbocycles. The molecule has 3 heterocycles. The lowest BCUT2D eigenvalue weighted by Gasteiger charge is -2.52. The first kappa shape index (κ1) is 46.5. The van der Waals surface area contributed by atoms with Crippen LogP contribution in [0.5, 0.6) is 11.5 Å². The molecule has 3 aliphatic heterocycles. The van der Waals surface area contributed by atoms with Gasteiger partial charge in [-0.3, -0.25) is 14.4 Å². The molecule has 3 saturated heterocycles. The van der Waals surface area contributed by atoms with E-state index in [9.17, 15) is 23.5 Å². The molecule has 0 spiro atoms. The van der Waals surface area contributed by atoms with Crippen LogP contribution < -0.4 is 19.6 Å². The van der Waals surface area contributed by atoms with Crippen molar-refractivity contribution < 1.29 is 89.0 Å². The molecule has 0 amide bonds. The minimum Gasteiger partial charge on any atom is -0.497 e. The Morgan fingerprint density at radius 3 is 1.78 bits per heavy atom. The summed E-state index contributed by atoms with van der Waals surface area (Å²) < 4.78 is 109. The molecule has 0 bridgehead atoms. The Morgan fingerprint density at radius 2 is 1.24 bits per heavy atom. The molecule has 59 heavy (non-hydrogen) atoms. The highest BCUT2D eigenvalue weighted by Gasteiger charge is 2.58. The lowest BCUT2D eigenvalue weighted by atomic mass is 9.94. The molecule has 2 N–H and O–H groups in total. The summed E-state index contributed by atoms with van der Waals surface area (Å²) in [6.07, 6.45) is -11.9. The molecule has 2 aromatic rings. The van der Waals surface area contributed by atoms with E-state index in [1.807, 2.05) is 6.07 Å². The highest BCUT2D eigenvalue weighted by Crippen LogP contribution is 2.48. The van der Waals surface area contributed by atoms with E-state index in [4.69, 9.17) is 65.5 Å². The topological polar surface area (TPSA) is 239 Å². The van der Waals surface area contributed by atoms with Crippen LogP contribution in [0.3, 0.4) is 0 Å². The predicted molar refractivity (Wildman–Crippen MR) is 201 cm³/mol. The van der Waals surface area contributed by atoms with Crippen LogP contribution in [-0.2, 0) is 79.5 Å². The van der Waals surface area contributed by atoms with E-state index < -0.39 is 108 Å². The van der Waals surface area contributed by atoms with Gasteiger partial charge in [-0.15, -0.1) is 0 Å². The van der Waals surface area contributed by atoms with Crippen molar-refractivity contribution in [2.75, 3.05) is 48.8 Å². The highest BCUT2D eigenvalue weighted by atomic mass is 31.2. The third-order valence-corrected chi connectivity index (χ3v) is 12.4. The van der Waals surface area contributed by atoms with Gasteiger partial charge < -0.3 is 65.5 Å². The Kier molecular flexibility index (Phi) is 16.4. The third kappa shape index (κ3) is 11.9. The fourth-order valence-electron chi connectivity index (χ4n) is 6.58. The normalized spacial score (nSPS) is 29.7. The molecule has 2 aromatic carbocycles. The molecule has 0 aliphatic carbocycles. The summed E-state index contributed by atoms with van der Waals surface area (Å²) in [6.45, 7) is 2.75. The van der Waals surface area contributed by atoms with E-state index in [-0.39, 0.29) is 6.61 Å². The molecule has 0 unspecified atom stereocenters. The number of nitrogens with one attached hydrogen (secondary N) is 2. The Hall–Kier alpha value is -3.53. The molecule has 3 fully saturated rings. The van der Waals surface area contributed by atoms with Crippen molar-refractivity contribution in [3.05, 3.63) is 60.2 Å². The van der Waals surface area contributed by atoms with Crippen LogP contribution in [0.15, 0.2) is 54.6 Å². The lowest BCUT2D eigenvalue weighted by molar-refractivity contribution is -0.363. The second-order valence-electron chi connectivity index (χ2n) is 13.1. The number of carbonyl (C=O) groups excluding carboxylic acids is 3. The number of hydrogen-bond acceptors (Lipinski definition) is 19. The fraction of sp³-hybridized carbons (Fsp3) is 0.583. The lowest BCUT2D eigenvalue weighted by Crippen LogP contribution is -2.70. The number of methoxy groups -OCH3 is 1. The highest BCUT2D eigenvalue weighted by molar-refractivity contribution is 7.51. The first-order valence-corrected chi connectivity index (χ1v) is 21.3. The Labute approximate surface area is 340 Å². The number of fused-ring (bicyclic) bond motifs is 1. The molecular weight excluding hydrogens is 826 g/mol. The SMILES string of the molecule is COc1ccc(O[C@@H]2O[C@@H]3CO[C@@H](c4ccccc4)O[C@H]3[C@H](O[C@@H]3O[C@H](COC(C)=O)[C@@H](OC(C)=O)[C@H](OC(C)=O)[C@H]3NP(=O)(OC)OC)[C@H]2NP(=O)(OC)OC)cc1. The second-order valence-corrected chi connectivity index (χ2v) is 17.1. The average molecular weight is 877 g/mol. The van der Waals surface area contributed by atoms with E-state index in [2.05, 4.69) is 10.2 Å². The van der Waals surface area contributed by atoms with Crippen LogP contribution in [0.25, 0.3) is 0 Å². The number of esters is 3. The molecule has 11 atom stereocenters. The first-order chi connectivity index (χ1) is 28.1. The maximum Gasteiger partial charge on any atom is 0.405 e. The Balaban J connectivity index is 1.67. The summed E-state index contributed by atoms with van der Waals surface area (Å²) in [6, 6.07) is 12.6. The molecule has 0 aromatic heterocycles. The molecule has 0 radical (unpaired) electrons. The van der Waals surface area contributed by atoms with E-state index in [1.165, 1.54) is 7.11 Å². The van der Waals surface area contributed by atoms with Crippen LogP contribution in [0.1, 0.15) is 32.6 Å². The van der Waals surface area contributed by atoms with Gasteiger partial charge >= 0.3 is 33.4 Å². The van der Waals surface area contributed by atoms with Crippen LogP contribution in [-0.4, -0.2) is 128 Å². The number of hydrogen-bond donors (Lipinski definition) is 2. The number of rotatable bonds is 18. The first-order valence-electron chi connectivity index (χ1n) is 18.2. The zero-order chi connectivity index (χ0) is 42.9. The van der Waals surface area contributed by atoms with Crippen molar-refractivity contribution >= 4 is 33.4 Å². The predicted octanol–water partition coefficient (Wildman–Crippen LogP) is 3.17. The zero-order valence-corrected chi connectivity index (χ0v) is 35.4. The van der Waals surface area contributed by atoms with Crippen molar-refractivity contribution in [1.82, 2.24) is 10.2 Å². The summed E-state index contributed by atoms with van der Waals surface area (Å²) in [7, 11) is -2.44.